The maximum absolute atomic E-state index is 12.4. The second-order valence-electron chi connectivity index (χ2n) is 6.19. The first-order valence-electron chi connectivity index (χ1n) is 9.21. The molecule has 0 atom stereocenters. The summed E-state index contributed by atoms with van der Waals surface area (Å²) in [6.07, 6.45) is 3.17. The maximum atomic E-state index is 12.4. The van der Waals surface area contributed by atoms with Crippen LogP contribution in [0.5, 0.6) is 17.2 Å². The Morgan fingerprint density at radius 1 is 1.25 bits per heavy atom. The van der Waals surface area contributed by atoms with E-state index in [1.165, 1.54) is 11.6 Å². The van der Waals surface area contributed by atoms with E-state index in [-0.39, 0.29) is 12.4 Å². The van der Waals surface area contributed by atoms with Gasteiger partial charge in [0.15, 0.2) is 11.5 Å². The summed E-state index contributed by atoms with van der Waals surface area (Å²) in [5.41, 5.74) is 1.83. The minimum absolute atomic E-state index is 0.0135. The van der Waals surface area contributed by atoms with E-state index in [1.807, 2.05) is 31.2 Å². The Balaban J connectivity index is 1.66. The Bertz CT molecular complexity index is 901. The molecule has 0 fully saturated rings. The van der Waals surface area contributed by atoms with Crippen molar-refractivity contribution < 1.29 is 19.0 Å². The van der Waals surface area contributed by atoms with Crippen LogP contribution in [0.2, 0.25) is 0 Å². The summed E-state index contributed by atoms with van der Waals surface area (Å²) in [5.74, 6) is 1.28. The number of aryl methyl sites for hydroxylation is 1. The number of hydrogen-bond acceptors (Lipinski definition) is 5. The molecule has 3 rings (SSSR count). The molecule has 28 heavy (non-hydrogen) atoms. The van der Waals surface area contributed by atoms with Crippen molar-refractivity contribution >= 4 is 12.0 Å². The molecular formula is C22H22N2O4. The molecule has 1 heterocycles. The van der Waals surface area contributed by atoms with Crippen molar-refractivity contribution in [3.63, 3.8) is 0 Å². The van der Waals surface area contributed by atoms with Gasteiger partial charge < -0.3 is 19.5 Å². The second-order valence-corrected chi connectivity index (χ2v) is 6.19. The first kappa shape index (κ1) is 19.3. The number of nitrogens with zero attached hydrogens (tertiary/aromatic N) is 1. The third-order valence-electron chi connectivity index (χ3n) is 4.24. The van der Waals surface area contributed by atoms with Gasteiger partial charge in [0.25, 0.3) is 5.91 Å². The molecule has 6 heteroatoms. The van der Waals surface area contributed by atoms with E-state index >= 15 is 0 Å². The van der Waals surface area contributed by atoms with Crippen LogP contribution in [0, 0.1) is 11.3 Å². The van der Waals surface area contributed by atoms with Crippen LogP contribution in [0.15, 0.2) is 48.0 Å². The molecule has 6 nitrogen and oxygen atoms in total. The quantitative estimate of drug-likeness (QED) is 0.432. The lowest BCUT2D eigenvalue weighted by Crippen LogP contribution is -2.25. The van der Waals surface area contributed by atoms with Crippen LogP contribution in [0.3, 0.4) is 0 Å². The standard InChI is InChI=1S/C22H22N2O4/c1-2-26-19-13-21-20(27-15-28-21)12-17(19)11-18(14-23)22(25)24-10-6-9-16-7-4-3-5-8-16/h3-5,7-8,11-13H,2,6,9-10,15H2,1H3,(H,24,25)/b18-11-. The molecule has 0 spiro atoms. The summed E-state index contributed by atoms with van der Waals surface area (Å²) in [6.45, 7) is 2.95. The number of amides is 1. The lowest BCUT2D eigenvalue weighted by Gasteiger charge is -2.09. The third kappa shape index (κ3) is 4.83. The highest BCUT2D eigenvalue weighted by atomic mass is 16.7. The molecule has 0 saturated heterocycles. The molecule has 1 amide bonds. The molecular weight excluding hydrogens is 356 g/mol. The van der Waals surface area contributed by atoms with Gasteiger partial charge in [-0.05, 0) is 37.5 Å². The fourth-order valence-corrected chi connectivity index (χ4v) is 2.87. The van der Waals surface area contributed by atoms with Crippen molar-refractivity contribution in [2.45, 2.75) is 19.8 Å². The van der Waals surface area contributed by atoms with Gasteiger partial charge in [-0.1, -0.05) is 30.3 Å². The topological polar surface area (TPSA) is 80.6 Å². The lowest BCUT2D eigenvalue weighted by atomic mass is 10.1. The average Bonchev–Trinajstić information content (AvgIpc) is 3.17. The summed E-state index contributed by atoms with van der Waals surface area (Å²) in [4.78, 5) is 12.4. The lowest BCUT2D eigenvalue weighted by molar-refractivity contribution is -0.117. The predicted molar refractivity (Wildman–Crippen MR) is 105 cm³/mol. The number of ether oxygens (including phenoxy) is 3. The van der Waals surface area contributed by atoms with Crippen molar-refractivity contribution in [3.8, 4) is 23.3 Å². The van der Waals surface area contributed by atoms with Crippen LogP contribution in [0.4, 0.5) is 0 Å². The van der Waals surface area contributed by atoms with Gasteiger partial charge in [0.1, 0.15) is 17.4 Å². The molecule has 2 aromatic rings. The van der Waals surface area contributed by atoms with Crippen LogP contribution in [-0.2, 0) is 11.2 Å². The van der Waals surface area contributed by atoms with E-state index in [2.05, 4.69) is 17.4 Å². The van der Waals surface area contributed by atoms with Crippen molar-refractivity contribution in [1.29, 1.82) is 5.26 Å². The van der Waals surface area contributed by atoms with Gasteiger partial charge in [-0.25, -0.2) is 0 Å². The Morgan fingerprint density at radius 3 is 2.71 bits per heavy atom. The summed E-state index contributed by atoms with van der Waals surface area (Å²) in [5, 5.41) is 12.2. The molecule has 0 bridgehead atoms. The van der Waals surface area contributed by atoms with Crippen LogP contribution < -0.4 is 19.5 Å². The Kier molecular flexibility index (Phi) is 6.53. The number of hydrogen-bond donors (Lipinski definition) is 1. The highest BCUT2D eigenvalue weighted by molar-refractivity contribution is 6.02. The molecule has 0 radical (unpaired) electrons. The van der Waals surface area contributed by atoms with Crippen LogP contribution >= 0.6 is 0 Å². The van der Waals surface area contributed by atoms with E-state index in [1.54, 1.807) is 12.1 Å². The van der Waals surface area contributed by atoms with E-state index in [4.69, 9.17) is 14.2 Å². The molecule has 1 aliphatic heterocycles. The minimum atomic E-state index is -0.407. The van der Waals surface area contributed by atoms with Gasteiger partial charge in [-0.15, -0.1) is 0 Å². The molecule has 1 aliphatic rings. The number of carbonyl (C=O) groups is 1. The first-order chi connectivity index (χ1) is 13.7. The smallest absolute Gasteiger partial charge is 0.261 e. The van der Waals surface area contributed by atoms with E-state index in [9.17, 15) is 10.1 Å². The maximum Gasteiger partial charge on any atom is 0.261 e. The summed E-state index contributed by atoms with van der Waals surface area (Å²) in [6, 6.07) is 15.5. The number of carbonyl (C=O) groups excluding carboxylic acids is 1. The highest BCUT2D eigenvalue weighted by Gasteiger charge is 2.18. The minimum Gasteiger partial charge on any atom is -0.493 e. The number of nitriles is 1. The van der Waals surface area contributed by atoms with Crippen LogP contribution in [0.25, 0.3) is 6.08 Å². The molecule has 1 N–H and O–H groups in total. The van der Waals surface area contributed by atoms with Crippen LogP contribution in [0.1, 0.15) is 24.5 Å². The predicted octanol–water partition coefficient (Wildman–Crippen LogP) is 3.47. The normalized spacial score (nSPS) is 12.4. The van der Waals surface area contributed by atoms with E-state index in [0.717, 1.165) is 12.8 Å². The first-order valence-corrected chi connectivity index (χ1v) is 9.21. The summed E-state index contributed by atoms with van der Waals surface area (Å²) < 4.78 is 16.3. The highest BCUT2D eigenvalue weighted by Crippen LogP contribution is 2.39. The van der Waals surface area contributed by atoms with Gasteiger partial charge in [0.05, 0.1) is 6.61 Å². The zero-order valence-corrected chi connectivity index (χ0v) is 15.7. The van der Waals surface area contributed by atoms with Crippen molar-refractivity contribution in [2.75, 3.05) is 19.9 Å². The van der Waals surface area contributed by atoms with Gasteiger partial charge >= 0.3 is 0 Å². The van der Waals surface area contributed by atoms with Gasteiger partial charge in [-0.2, -0.15) is 5.26 Å². The fraction of sp³-hybridized carbons (Fsp3) is 0.273. The number of nitrogens with one attached hydrogen (secondary N) is 1. The molecule has 0 saturated carbocycles. The molecule has 0 aliphatic carbocycles. The molecule has 144 valence electrons. The number of fused-ring (bicyclic) bond motifs is 1. The Hall–Kier alpha value is -3.46. The van der Waals surface area contributed by atoms with Crippen molar-refractivity contribution in [2.24, 2.45) is 0 Å². The summed E-state index contributed by atoms with van der Waals surface area (Å²) in [7, 11) is 0. The fourth-order valence-electron chi connectivity index (χ4n) is 2.87. The Morgan fingerprint density at radius 2 is 2.00 bits per heavy atom. The average molecular weight is 378 g/mol. The molecule has 2 aromatic carbocycles. The van der Waals surface area contributed by atoms with E-state index < -0.39 is 5.91 Å². The third-order valence-corrected chi connectivity index (χ3v) is 4.24. The number of benzene rings is 2. The molecule has 0 unspecified atom stereocenters. The molecule has 0 aromatic heterocycles. The number of rotatable bonds is 8. The van der Waals surface area contributed by atoms with E-state index in [0.29, 0.717) is 36.0 Å². The van der Waals surface area contributed by atoms with Gasteiger partial charge in [-0.3, -0.25) is 4.79 Å². The van der Waals surface area contributed by atoms with Gasteiger partial charge in [0.2, 0.25) is 6.79 Å². The SMILES string of the molecule is CCOc1cc2c(cc1/C=C(/C#N)C(=O)NCCCc1ccccc1)OCO2. The monoisotopic (exact) mass is 378 g/mol. The van der Waals surface area contributed by atoms with Crippen molar-refractivity contribution in [1.82, 2.24) is 5.32 Å². The zero-order chi connectivity index (χ0) is 19.8. The van der Waals surface area contributed by atoms with Crippen LogP contribution in [-0.4, -0.2) is 25.9 Å². The van der Waals surface area contributed by atoms with Crippen molar-refractivity contribution in [3.05, 3.63) is 59.2 Å². The second kappa shape index (κ2) is 9.47. The van der Waals surface area contributed by atoms with Gasteiger partial charge in [0, 0.05) is 18.2 Å². The Labute approximate surface area is 164 Å². The largest absolute Gasteiger partial charge is 0.493 e. The summed E-state index contributed by atoms with van der Waals surface area (Å²) >= 11 is 0. The zero-order valence-electron chi connectivity index (χ0n) is 15.7.